The number of hydrogen-bond acceptors (Lipinski definition) is 3. The van der Waals surface area contributed by atoms with Gasteiger partial charge in [-0.15, -0.1) is 0 Å². The van der Waals surface area contributed by atoms with Crippen molar-refractivity contribution in [2.24, 2.45) is 0 Å². The third kappa shape index (κ3) is 3.31. The molecular weight excluding hydrogens is 240 g/mol. The van der Waals surface area contributed by atoms with E-state index in [2.05, 4.69) is 29.4 Å². The number of carboxylic acids is 1. The Morgan fingerprint density at radius 2 is 2.00 bits per heavy atom. The van der Waals surface area contributed by atoms with Gasteiger partial charge in [-0.05, 0) is 24.1 Å². The van der Waals surface area contributed by atoms with Crippen LogP contribution in [0.25, 0.3) is 0 Å². The van der Waals surface area contributed by atoms with Gasteiger partial charge in [-0.25, -0.2) is 9.78 Å². The lowest BCUT2D eigenvalue weighted by Gasteiger charge is -2.18. The van der Waals surface area contributed by atoms with E-state index in [0.29, 0.717) is 5.82 Å². The zero-order chi connectivity index (χ0) is 13.7. The Balaban J connectivity index is 2.12. The van der Waals surface area contributed by atoms with E-state index in [9.17, 15) is 4.79 Å². The second-order valence-corrected chi connectivity index (χ2v) is 4.25. The van der Waals surface area contributed by atoms with Crippen molar-refractivity contribution in [2.45, 2.75) is 19.4 Å². The highest BCUT2D eigenvalue weighted by Crippen LogP contribution is 2.21. The minimum absolute atomic E-state index is 0.171. The maximum Gasteiger partial charge on any atom is 0.337 e. The first kappa shape index (κ1) is 13.1. The van der Waals surface area contributed by atoms with Crippen LogP contribution in [0.3, 0.4) is 0 Å². The van der Waals surface area contributed by atoms with Gasteiger partial charge in [0.25, 0.3) is 0 Å². The zero-order valence-corrected chi connectivity index (χ0v) is 10.7. The summed E-state index contributed by atoms with van der Waals surface area (Å²) in [6.45, 7) is 2.09. The fraction of sp³-hybridized carbons (Fsp3) is 0.200. The largest absolute Gasteiger partial charge is 0.478 e. The lowest BCUT2D eigenvalue weighted by molar-refractivity contribution is 0.0696. The maximum atomic E-state index is 10.8. The van der Waals surface area contributed by atoms with Crippen LogP contribution < -0.4 is 5.32 Å². The zero-order valence-electron chi connectivity index (χ0n) is 10.7. The van der Waals surface area contributed by atoms with E-state index in [-0.39, 0.29) is 11.6 Å². The molecule has 0 aliphatic carbocycles. The van der Waals surface area contributed by atoms with Gasteiger partial charge in [0.1, 0.15) is 5.82 Å². The molecule has 19 heavy (non-hydrogen) atoms. The normalized spacial score (nSPS) is 11.8. The van der Waals surface area contributed by atoms with Crippen molar-refractivity contribution in [1.82, 2.24) is 4.98 Å². The first-order valence-corrected chi connectivity index (χ1v) is 6.21. The Hall–Kier alpha value is -2.36. The van der Waals surface area contributed by atoms with Gasteiger partial charge < -0.3 is 10.4 Å². The third-order valence-electron chi connectivity index (χ3n) is 2.94. The molecule has 1 unspecified atom stereocenters. The summed E-state index contributed by atoms with van der Waals surface area (Å²) in [5.41, 5.74) is 1.38. The van der Waals surface area contributed by atoms with Crippen LogP contribution in [0, 0.1) is 0 Å². The average molecular weight is 256 g/mol. The number of benzene rings is 1. The molecule has 0 spiro atoms. The van der Waals surface area contributed by atoms with Gasteiger partial charge in [-0.2, -0.15) is 0 Å². The number of anilines is 1. The summed E-state index contributed by atoms with van der Waals surface area (Å²) in [5.74, 6) is -0.283. The molecule has 2 rings (SSSR count). The minimum Gasteiger partial charge on any atom is -0.478 e. The summed E-state index contributed by atoms with van der Waals surface area (Å²) < 4.78 is 0. The molecule has 1 heterocycles. The average Bonchev–Trinajstić information content (AvgIpc) is 2.46. The summed E-state index contributed by atoms with van der Waals surface area (Å²) in [7, 11) is 0. The van der Waals surface area contributed by atoms with Crippen molar-refractivity contribution in [1.29, 1.82) is 0 Å². The summed E-state index contributed by atoms with van der Waals surface area (Å²) in [6.07, 6.45) is 2.29. The second-order valence-electron chi connectivity index (χ2n) is 4.25. The number of aromatic carboxylic acids is 1. The fourth-order valence-electron chi connectivity index (χ4n) is 1.89. The predicted molar refractivity (Wildman–Crippen MR) is 74.3 cm³/mol. The monoisotopic (exact) mass is 256 g/mol. The van der Waals surface area contributed by atoms with Gasteiger partial charge in [0.15, 0.2) is 0 Å². The molecule has 1 aromatic heterocycles. The summed E-state index contributed by atoms with van der Waals surface area (Å²) >= 11 is 0. The van der Waals surface area contributed by atoms with Crippen molar-refractivity contribution in [3.8, 4) is 0 Å². The molecule has 2 N–H and O–H groups in total. The highest BCUT2D eigenvalue weighted by Gasteiger charge is 2.09. The van der Waals surface area contributed by atoms with Crippen LogP contribution in [0.5, 0.6) is 0 Å². The lowest BCUT2D eigenvalue weighted by Crippen LogP contribution is -2.11. The van der Waals surface area contributed by atoms with Gasteiger partial charge in [0.05, 0.1) is 11.6 Å². The Morgan fingerprint density at radius 3 is 2.53 bits per heavy atom. The van der Waals surface area contributed by atoms with Crippen LogP contribution in [0.4, 0.5) is 5.82 Å². The molecular formula is C15H16N2O2. The SMILES string of the molecule is CCC(Nc1ccc(C(=O)O)cn1)c1ccccc1. The quantitative estimate of drug-likeness (QED) is 0.861. The third-order valence-corrected chi connectivity index (χ3v) is 2.94. The summed E-state index contributed by atoms with van der Waals surface area (Å²) in [6, 6.07) is 13.5. The van der Waals surface area contributed by atoms with E-state index in [4.69, 9.17) is 5.11 Å². The lowest BCUT2D eigenvalue weighted by atomic mass is 10.0. The van der Waals surface area contributed by atoms with Crippen LogP contribution in [-0.2, 0) is 0 Å². The molecule has 0 radical (unpaired) electrons. The Kier molecular flexibility index (Phi) is 4.13. The number of aromatic nitrogens is 1. The first-order chi connectivity index (χ1) is 9.20. The van der Waals surface area contributed by atoms with Crippen LogP contribution in [-0.4, -0.2) is 16.1 Å². The minimum atomic E-state index is -0.964. The van der Waals surface area contributed by atoms with Crippen molar-refractivity contribution in [3.63, 3.8) is 0 Å². The molecule has 0 fully saturated rings. The molecule has 0 bridgehead atoms. The summed E-state index contributed by atoms with van der Waals surface area (Å²) in [5, 5.41) is 12.1. The van der Waals surface area contributed by atoms with E-state index in [1.165, 1.54) is 11.8 Å². The van der Waals surface area contributed by atoms with Crippen LogP contribution in [0.1, 0.15) is 35.3 Å². The Morgan fingerprint density at radius 1 is 1.26 bits per heavy atom. The topological polar surface area (TPSA) is 62.2 Å². The Bertz CT molecular complexity index is 538. The van der Waals surface area contributed by atoms with E-state index in [1.54, 1.807) is 12.1 Å². The van der Waals surface area contributed by atoms with Gasteiger partial charge >= 0.3 is 5.97 Å². The first-order valence-electron chi connectivity index (χ1n) is 6.21. The van der Waals surface area contributed by atoms with E-state index >= 15 is 0 Å². The van der Waals surface area contributed by atoms with Gasteiger partial charge in [0.2, 0.25) is 0 Å². The molecule has 1 aromatic carbocycles. The molecule has 0 aliphatic heterocycles. The highest BCUT2D eigenvalue weighted by atomic mass is 16.4. The molecule has 0 aliphatic rings. The van der Waals surface area contributed by atoms with Crippen molar-refractivity contribution in [2.75, 3.05) is 5.32 Å². The molecule has 2 aromatic rings. The molecule has 0 saturated carbocycles. The second kappa shape index (κ2) is 6.00. The number of nitrogens with zero attached hydrogens (tertiary/aromatic N) is 1. The number of rotatable bonds is 5. The van der Waals surface area contributed by atoms with Gasteiger partial charge in [0, 0.05) is 6.20 Å². The van der Waals surface area contributed by atoms with E-state index in [1.807, 2.05) is 18.2 Å². The molecule has 1 atom stereocenters. The van der Waals surface area contributed by atoms with E-state index in [0.717, 1.165) is 6.42 Å². The molecule has 4 heteroatoms. The standard InChI is InChI=1S/C15H16N2O2/c1-2-13(11-6-4-3-5-7-11)17-14-9-8-12(10-16-14)15(18)19/h3-10,13H,2H2,1H3,(H,16,17)(H,18,19). The van der Waals surface area contributed by atoms with Crippen molar-refractivity contribution < 1.29 is 9.90 Å². The smallest absolute Gasteiger partial charge is 0.337 e. The number of carboxylic acid groups (broad SMARTS) is 1. The van der Waals surface area contributed by atoms with Crippen LogP contribution in [0.2, 0.25) is 0 Å². The van der Waals surface area contributed by atoms with Crippen LogP contribution >= 0.6 is 0 Å². The number of carbonyl (C=O) groups is 1. The van der Waals surface area contributed by atoms with Crippen LogP contribution in [0.15, 0.2) is 48.7 Å². The Labute approximate surface area is 112 Å². The number of nitrogens with one attached hydrogen (secondary N) is 1. The van der Waals surface area contributed by atoms with Crippen molar-refractivity contribution >= 4 is 11.8 Å². The van der Waals surface area contributed by atoms with Gasteiger partial charge in [-0.1, -0.05) is 37.3 Å². The van der Waals surface area contributed by atoms with Gasteiger partial charge in [-0.3, -0.25) is 0 Å². The molecule has 0 saturated heterocycles. The van der Waals surface area contributed by atoms with E-state index < -0.39 is 5.97 Å². The molecule has 98 valence electrons. The predicted octanol–water partition coefficient (Wildman–Crippen LogP) is 3.34. The van der Waals surface area contributed by atoms with Crippen molar-refractivity contribution in [3.05, 3.63) is 59.8 Å². The molecule has 4 nitrogen and oxygen atoms in total. The number of hydrogen-bond donors (Lipinski definition) is 2. The highest BCUT2D eigenvalue weighted by molar-refractivity contribution is 5.87. The molecule has 0 amide bonds. The maximum absolute atomic E-state index is 10.8. The number of pyridine rings is 1. The summed E-state index contributed by atoms with van der Waals surface area (Å²) in [4.78, 5) is 14.9. The fourth-order valence-corrected chi connectivity index (χ4v) is 1.89.